The van der Waals surface area contributed by atoms with Gasteiger partial charge in [0, 0.05) is 38.9 Å². The lowest BCUT2D eigenvalue weighted by Crippen LogP contribution is -2.51. The number of nitriles is 1. The Hall–Kier alpha value is -1.88. The molecule has 0 unspecified atom stereocenters. The van der Waals surface area contributed by atoms with Crippen LogP contribution in [0.5, 0.6) is 0 Å². The van der Waals surface area contributed by atoms with E-state index in [1.165, 1.54) is 0 Å². The number of hydrogen-bond acceptors (Lipinski definition) is 5. The minimum Gasteiger partial charge on any atom is -0.338 e. The first kappa shape index (κ1) is 27.1. The minimum absolute atomic E-state index is 0. The second-order valence-corrected chi connectivity index (χ2v) is 6.47. The number of nitrogens with two attached hydrogens (primary N) is 1. The maximum Gasteiger partial charge on any atom is 0.244 e. The van der Waals surface area contributed by atoms with E-state index in [-0.39, 0.29) is 43.1 Å². The molecule has 1 aromatic carbocycles. The van der Waals surface area contributed by atoms with Crippen LogP contribution >= 0.6 is 37.2 Å². The maximum absolute atomic E-state index is 12.6. The summed E-state index contributed by atoms with van der Waals surface area (Å²) in [6.07, 6.45) is 2.55. The predicted molar refractivity (Wildman–Crippen MR) is 121 cm³/mol. The van der Waals surface area contributed by atoms with Gasteiger partial charge >= 0.3 is 0 Å². The zero-order valence-corrected chi connectivity index (χ0v) is 18.4. The van der Waals surface area contributed by atoms with E-state index in [9.17, 15) is 4.79 Å². The molecular weight excluding hydrogens is 433 g/mol. The van der Waals surface area contributed by atoms with Crippen molar-refractivity contribution in [3.8, 4) is 6.07 Å². The van der Waals surface area contributed by atoms with Crippen LogP contribution in [0, 0.1) is 11.3 Å². The summed E-state index contributed by atoms with van der Waals surface area (Å²) < 4.78 is 0. The Balaban J connectivity index is 0.00000261. The van der Waals surface area contributed by atoms with Gasteiger partial charge in [-0.05, 0) is 29.7 Å². The molecule has 1 aliphatic heterocycles. The summed E-state index contributed by atoms with van der Waals surface area (Å²) in [6, 6.07) is 14.8. The first-order valence-corrected chi connectivity index (χ1v) is 8.84. The molecule has 0 aliphatic carbocycles. The highest BCUT2D eigenvalue weighted by Crippen LogP contribution is 2.15. The van der Waals surface area contributed by atoms with Crippen LogP contribution < -0.4 is 5.73 Å². The summed E-state index contributed by atoms with van der Waals surface area (Å²) in [5.74, 6) is -0.0105. The third-order valence-corrected chi connectivity index (χ3v) is 4.76. The molecule has 1 amide bonds. The van der Waals surface area contributed by atoms with Crippen molar-refractivity contribution in [2.75, 3.05) is 32.7 Å². The monoisotopic (exact) mass is 457 g/mol. The van der Waals surface area contributed by atoms with Crippen LogP contribution in [0.3, 0.4) is 0 Å². The molecule has 1 aliphatic rings. The topological polar surface area (TPSA) is 86.2 Å². The molecule has 3 rings (SSSR count). The number of amides is 1. The normalized spacial score (nSPS) is 14.4. The molecule has 6 nitrogen and oxygen atoms in total. The number of halogens is 3. The second-order valence-electron chi connectivity index (χ2n) is 6.47. The van der Waals surface area contributed by atoms with Crippen molar-refractivity contribution in [3.05, 3.63) is 65.5 Å². The molecule has 2 aromatic rings. The second kappa shape index (κ2) is 13.4. The molecule has 1 fully saturated rings. The Labute approximate surface area is 190 Å². The Kier molecular flexibility index (Phi) is 12.5. The van der Waals surface area contributed by atoms with Crippen LogP contribution in [0.4, 0.5) is 0 Å². The molecule has 0 spiro atoms. The van der Waals surface area contributed by atoms with Crippen molar-refractivity contribution < 1.29 is 4.79 Å². The first-order chi connectivity index (χ1) is 12.7. The molecule has 1 saturated heterocycles. The molecule has 2 heterocycles. The number of nitrogens with zero attached hydrogens (tertiary/aromatic N) is 4. The smallest absolute Gasteiger partial charge is 0.244 e. The number of aromatic nitrogens is 1. The Morgan fingerprint density at radius 2 is 1.76 bits per heavy atom. The van der Waals surface area contributed by atoms with Crippen molar-refractivity contribution in [1.82, 2.24) is 14.8 Å². The van der Waals surface area contributed by atoms with Crippen molar-refractivity contribution >= 4 is 43.1 Å². The number of rotatable bonds is 5. The summed E-state index contributed by atoms with van der Waals surface area (Å²) in [4.78, 5) is 20.8. The fraction of sp³-hybridized carbons (Fsp3) is 0.350. The van der Waals surface area contributed by atoms with Crippen molar-refractivity contribution in [2.45, 2.75) is 12.5 Å². The number of benzene rings is 1. The summed E-state index contributed by atoms with van der Waals surface area (Å²) in [5, 5.41) is 8.92. The molecule has 1 aromatic heterocycles. The van der Waals surface area contributed by atoms with Gasteiger partial charge in [-0.3, -0.25) is 9.69 Å². The lowest BCUT2D eigenvalue weighted by atomic mass is 10.1. The van der Waals surface area contributed by atoms with Crippen LogP contribution in [0.25, 0.3) is 0 Å². The summed E-state index contributed by atoms with van der Waals surface area (Å²) in [5.41, 5.74) is 8.55. The fourth-order valence-electron chi connectivity index (χ4n) is 3.17. The number of carbonyl (C=O) groups is 1. The number of pyridine rings is 1. The molecule has 158 valence electrons. The predicted octanol–water partition coefficient (Wildman–Crippen LogP) is 2.61. The Morgan fingerprint density at radius 3 is 2.38 bits per heavy atom. The van der Waals surface area contributed by atoms with Crippen molar-refractivity contribution in [3.63, 3.8) is 0 Å². The van der Waals surface area contributed by atoms with E-state index in [2.05, 4.69) is 16.0 Å². The maximum atomic E-state index is 12.6. The standard InChI is InChI=1S/C20H23N5O.3ClH/c21-15-18-14-16(6-8-23-18)7-9-24-10-12-25(13-11-24)20(26)19(22)17-4-2-1-3-5-17;;;/h1-6,8,14,19H,7,9-13,22H2;3*1H/t19-;;;/m1.../s1. The zero-order chi connectivity index (χ0) is 18.4. The largest absolute Gasteiger partial charge is 0.338 e. The fourth-order valence-corrected chi connectivity index (χ4v) is 3.17. The van der Waals surface area contributed by atoms with Gasteiger partial charge in [0.05, 0.1) is 0 Å². The van der Waals surface area contributed by atoms with E-state index in [1.54, 1.807) is 6.20 Å². The van der Waals surface area contributed by atoms with Gasteiger partial charge in [0.25, 0.3) is 0 Å². The lowest BCUT2D eigenvalue weighted by molar-refractivity contribution is -0.134. The van der Waals surface area contributed by atoms with Crippen LogP contribution in [0.15, 0.2) is 48.7 Å². The van der Waals surface area contributed by atoms with Gasteiger partial charge in [-0.25, -0.2) is 4.98 Å². The molecule has 0 saturated carbocycles. The minimum atomic E-state index is -0.594. The number of hydrogen-bond donors (Lipinski definition) is 1. The number of piperazine rings is 1. The third-order valence-electron chi connectivity index (χ3n) is 4.76. The van der Waals surface area contributed by atoms with Crippen LogP contribution in [-0.2, 0) is 11.2 Å². The third kappa shape index (κ3) is 7.46. The summed E-state index contributed by atoms with van der Waals surface area (Å²) in [6.45, 7) is 3.97. The van der Waals surface area contributed by atoms with E-state index in [0.29, 0.717) is 18.8 Å². The van der Waals surface area contributed by atoms with Crippen molar-refractivity contribution in [1.29, 1.82) is 5.26 Å². The Morgan fingerprint density at radius 1 is 1.10 bits per heavy atom. The van der Waals surface area contributed by atoms with Gasteiger partial charge in [-0.2, -0.15) is 5.26 Å². The highest BCUT2D eigenvalue weighted by atomic mass is 35.5. The average Bonchev–Trinajstić information content (AvgIpc) is 2.72. The average molecular weight is 459 g/mol. The van der Waals surface area contributed by atoms with E-state index in [4.69, 9.17) is 11.0 Å². The Bertz CT molecular complexity index is 792. The molecule has 0 bridgehead atoms. The summed E-state index contributed by atoms with van der Waals surface area (Å²) >= 11 is 0. The van der Waals surface area contributed by atoms with Crippen molar-refractivity contribution in [2.24, 2.45) is 5.73 Å². The highest BCUT2D eigenvalue weighted by molar-refractivity contribution is 5.86. The van der Waals surface area contributed by atoms with Crippen LogP contribution in [0.1, 0.15) is 22.9 Å². The first-order valence-electron chi connectivity index (χ1n) is 8.84. The summed E-state index contributed by atoms with van der Waals surface area (Å²) in [7, 11) is 0. The molecule has 29 heavy (non-hydrogen) atoms. The lowest BCUT2D eigenvalue weighted by Gasteiger charge is -2.36. The van der Waals surface area contributed by atoms with Crippen LogP contribution in [-0.4, -0.2) is 53.4 Å². The van der Waals surface area contributed by atoms with E-state index >= 15 is 0 Å². The van der Waals surface area contributed by atoms with E-state index in [0.717, 1.165) is 37.2 Å². The highest BCUT2D eigenvalue weighted by Gasteiger charge is 2.25. The van der Waals surface area contributed by atoms with E-state index < -0.39 is 6.04 Å². The molecule has 0 radical (unpaired) electrons. The van der Waals surface area contributed by atoms with Gasteiger partial charge in [0.15, 0.2) is 0 Å². The molecule has 9 heteroatoms. The van der Waals surface area contributed by atoms with Crippen LogP contribution in [0.2, 0.25) is 0 Å². The van der Waals surface area contributed by atoms with E-state index in [1.807, 2.05) is 47.4 Å². The van der Waals surface area contributed by atoms with Gasteiger partial charge < -0.3 is 10.6 Å². The van der Waals surface area contributed by atoms with Gasteiger partial charge in [0.1, 0.15) is 17.8 Å². The SMILES string of the molecule is Cl.Cl.Cl.N#Cc1cc(CCN2CCN(C(=O)[C@H](N)c3ccccc3)CC2)ccn1. The molecule has 2 N–H and O–H groups in total. The zero-order valence-electron chi connectivity index (χ0n) is 15.9. The quantitative estimate of drug-likeness (QED) is 0.744. The van der Waals surface area contributed by atoms with Gasteiger partial charge in [0.2, 0.25) is 5.91 Å². The molecule has 1 atom stereocenters. The molecular formula is C20H26Cl3N5O. The van der Waals surface area contributed by atoms with Gasteiger partial charge in [-0.1, -0.05) is 30.3 Å². The van der Waals surface area contributed by atoms with Gasteiger partial charge in [-0.15, -0.1) is 37.2 Å². The number of carbonyl (C=O) groups excluding carboxylic acids is 1.